The van der Waals surface area contributed by atoms with Crippen LogP contribution in [0.3, 0.4) is 0 Å². The molecule has 0 aromatic heterocycles. The van der Waals surface area contributed by atoms with Gasteiger partial charge in [0.2, 0.25) is 0 Å². The van der Waals surface area contributed by atoms with Gasteiger partial charge < -0.3 is 5.11 Å². The Morgan fingerprint density at radius 3 is 2.31 bits per heavy atom. The number of hydrogen-bond acceptors (Lipinski definition) is 4. The van der Waals surface area contributed by atoms with Gasteiger partial charge in [0, 0.05) is 0 Å². The maximum Gasteiger partial charge on any atom is 0.416 e. The first-order chi connectivity index (χ1) is 11.8. The predicted molar refractivity (Wildman–Crippen MR) is 84.0 cm³/mol. The number of amides is 1. The number of alkyl halides is 6. The second-order valence-electron chi connectivity index (χ2n) is 4.96. The molecule has 12 heteroatoms. The van der Waals surface area contributed by atoms with E-state index in [0.717, 1.165) is 0 Å². The van der Waals surface area contributed by atoms with Crippen LogP contribution in [-0.2, 0) is 21.9 Å². The number of carboxylic acid groups (broad SMARTS) is 1. The molecule has 1 aliphatic rings. The minimum atomic E-state index is -4.95. The number of nitrogens with zero attached hydrogens (tertiary/aromatic N) is 1. The van der Waals surface area contributed by atoms with Crippen LogP contribution in [0.5, 0.6) is 0 Å². The van der Waals surface area contributed by atoms with Crippen molar-refractivity contribution in [1.82, 2.24) is 4.90 Å². The molecule has 140 valence electrons. The molecule has 1 saturated heterocycles. The average Bonchev–Trinajstić information content (AvgIpc) is 2.72. The smallest absolute Gasteiger partial charge is 0.416 e. The van der Waals surface area contributed by atoms with Gasteiger partial charge in [-0.1, -0.05) is 24.0 Å². The lowest BCUT2D eigenvalue weighted by Crippen LogP contribution is -2.33. The molecule has 26 heavy (non-hydrogen) atoms. The zero-order valence-corrected chi connectivity index (χ0v) is 13.9. The lowest BCUT2D eigenvalue weighted by atomic mass is 10.0. The van der Waals surface area contributed by atoms with Gasteiger partial charge in [-0.2, -0.15) is 26.3 Å². The molecule has 1 aromatic rings. The van der Waals surface area contributed by atoms with Crippen LogP contribution in [0.4, 0.5) is 26.3 Å². The predicted octanol–water partition coefficient (Wildman–Crippen LogP) is 4.01. The van der Waals surface area contributed by atoms with Gasteiger partial charge in [0.25, 0.3) is 5.91 Å². The minimum absolute atomic E-state index is 0.218. The summed E-state index contributed by atoms with van der Waals surface area (Å²) in [6, 6.07) is 0.828. The Hall–Kier alpha value is -2.08. The van der Waals surface area contributed by atoms with E-state index in [1.165, 1.54) is 0 Å². The van der Waals surface area contributed by atoms with E-state index in [9.17, 15) is 35.9 Å². The Bertz CT molecular complexity index is 816. The summed E-state index contributed by atoms with van der Waals surface area (Å²) in [5, 5.41) is 8.71. The zero-order chi connectivity index (χ0) is 19.9. The molecule has 0 aliphatic carbocycles. The van der Waals surface area contributed by atoms with Crippen molar-refractivity contribution in [3.63, 3.8) is 0 Å². The summed E-state index contributed by atoms with van der Waals surface area (Å²) in [7, 11) is 0. The van der Waals surface area contributed by atoms with E-state index in [-0.39, 0.29) is 22.5 Å². The molecule has 0 saturated carbocycles. The molecule has 0 radical (unpaired) electrons. The van der Waals surface area contributed by atoms with Gasteiger partial charge >= 0.3 is 18.3 Å². The lowest BCUT2D eigenvalue weighted by Gasteiger charge is -2.14. The van der Waals surface area contributed by atoms with Gasteiger partial charge in [-0.25, -0.2) is 0 Å². The number of carbonyl (C=O) groups excluding carboxylic acids is 1. The fourth-order valence-electron chi connectivity index (χ4n) is 2.03. The molecule has 0 unspecified atom stereocenters. The average molecular weight is 415 g/mol. The summed E-state index contributed by atoms with van der Waals surface area (Å²) in [6.07, 6.45) is -9.21. The largest absolute Gasteiger partial charge is 0.480 e. The van der Waals surface area contributed by atoms with Crippen LogP contribution in [0, 0.1) is 0 Å². The molecular formula is C14H7F6NO3S2. The number of halogens is 6. The van der Waals surface area contributed by atoms with Crippen LogP contribution < -0.4 is 0 Å². The van der Waals surface area contributed by atoms with Gasteiger partial charge in [0.15, 0.2) is 0 Å². The summed E-state index contributed by atoms with van der Waals surface area (Å²) in [6.45, 7) is -0.809. The summed E-state index contributed by atoms with van der Waals surface area (Å²) in [5.74, 6) is -2.40. The second-order valence-corrected chi connectivity index (χ2v) is 6.63. The molecule has 4 nitrogen and oxygen atoms in total. The zero-order valence-electron chi connectivity index (χ0n) is 12.3. The van der Waals surface area contributed by atoms with E-state index in [4.69, 9.17) is 17.3 Å². The minimum Gasteiger partial charge on any atom is -0.480 e. The van der Waals surface area contributed by atoms with Crippen molar-refractivity contribution in [3.05, 3.63) is 39.8 Å². The van der Waals surface area contributed by atoms with Crippen LogP contribution in [0.1, 0.15) is 16.7 Å². The van der Waals surface area contributed by atoms with Gasteiger partial charge in [0.05, 0.1) is 16.0 Å². The highest BCUT2D eigenvalue weighted by atomic mass is 32.2. The van der Waals surface area contributed by atoms with Crippen molar-refractivity contribution >= 4 is 46.3 Å². The summed E-state index contributed by atoms with van der Waals surface area (Å²) >= 11 is 5.29. The monoisotopic (exact) mass is 415 g/mol. The molecule has 1 aromatic carbocycles. The molecule has 1 heterocycles. The van der Waals surface area contributed by atoms with Crippen LogP contribution in [0.15, 0.2) is 23.1 Å². The van der Waals surface area contributed by atoms with Crippen molar-refractivity contribution in [3.8, 4) is 0 Å². The van der Waals surface area contributed by atoms with E-state index in [0.29, 0.717) is 22.7 Å². The maximum atomic E-state index is 13.1. The Morgan fingerprint density at radius 1 is 1.19 bits per heavy atom. The van der Waals surface area contributed by atoms with E-state index < -0.39 is 52.4 Å². The SMILES string of the molecule is O=C(O)CN1C(=O)/C(=C/c2cc(C(F)(F)F)ccc2C(F)(F)F)SC1=S. The Kier molecular flexibility index (Phi) is 5.38. The molecule has 0 spiro atoms. The Labute approximate surface area is 151 Å². The van der Waals surface area contributed by atoms with Crippen LogP contribution in [0.2, 0.25) is 0 Å². The highest BCUT2D eigenvalue weighted by Crippen LogP contribution is 2.39. The Balaban J connectivity index is 2.53. The van der Waals surface area contributed by atoms with E-state index >= 15 is 0 Å². The summed E-state index contributed by atoms with van der Waals surface area (Å²) in [5.41, 5.74) is -3.56. The van der Waals surface area contributed by atoms with Gasteiger partial charge in [-0.05, 0) is 29.8 Å². The number of thiocarbonyl (C=S) groups is 1. The standard InChI is InChI=1S/C14H7F6NO3S2/c15-13(16,17)7-1-2-8(14(18,19)20)6(3-7)4-9-11(24)21(5-10(22)23)12(25)26-9/h1-4H,5H2,(H,22,23)/b9-4-. The highest BCUT2D eigenvalue weighted by molar-refractivity contribution is 8.26. The van der Waals surface area contributed by atoms with E-state index in [1.54, 1.807) is 0 Å². The number of carbonyl (C=O) groups is 2. The van der Waals surface area contributed by atoms with Crippen LogP contribution in [-0.4, -0.2) is 32.7 Å². The first-order valence-corrected chi connectivity index (χ1v) is 7.79. The highest BCUT2D eigenvalue weighted by Gasteiger charge is 2.38. The fourth-order valence-corrected chi connectivity index (χ4v) is 3.28. The molecule has 0 bridgehead atoms. The summed E-state index contributed by atoms with van der Waals surface area (Å²) < 4.78 is 77.3. The molecular weight excluding hydrogens is 408 g/mol. The van der Waals surface area contributed by atoms with Gasteiger partial charge in [-0.3, -0.25) is 14.5 Å². The molecule has 1 fully saturated rings. The van der Waals surface area contributed by atoms with E-state index in [1.807, 2.05) is 0 Å². The summed E-state index contributed by atoms with van der Waals surface area (Å²) in [4.78, 5) is 23.0. The first kappa shape index (κ1) is 20.2. The van der Waals surface area contributed by atoms with Crippen molar-refractivity contribution in [1.29, 1.82) is 0 Å². The number of thioether (sulfide) groups is 1. The number of carboxylic acids is 1. The Morgan fingerprint density at radius 2 is 1.81 bits per heavy atom. The van der Waals surface area contributed by atoms with E-state index in [2.05, 4.69) is 0 Å². The van der Waals surface area contributed by atoms with Crippen LogP contribution >= 0.6 is 24.0 Å². The fraction of sp³-hybridized carbons (Fsp3) is 0.214. The van der Waals surface area contributed by atoms with Crippen molar-refractivity contribution in [2.24, 2.45) is 0 Å². The number of aliphatic carboxylic acids is 1. The lowest BCUT2D eigenvalue weighted by molar-refractivity contribution is -0.141. The topological polar surface area (TPSA) is 57.6 Å². The maximum absolute atomic E-state index is 13.1. The second kappa shape index (κ2) is 6.91. The van der Waals surface area contributed by atoms with Gasteiger partial charge in [-0.15, -0.1) is 0 Å². The molecule has 1 amide bonds. The first-order valence-electron chi connectivity index (χ1n) is 6.56. The molecule has 2 rings (SSSR count). The number of benzene rings is 1. The third-order valence-corrected chi connectivity index (χ3v) is 4.52. The third kappa shape index (κ3) is 4.36. The molecule has 1 aliphatic heterocycles. The molecule has 0 atom stereocenters. The normalized spacial score (nSPS) is 17.3. The van der Waals surface area contributed by atoms with Crippen molar-refractivity contribution < 1.29 is 41.0 Å². The quantitative estimate of drug-likeness (QED) is 0.459. The van der Waals surface area contributed by atoms with Crippen molar-refractivity contribution in [2.75, 3.05) is 6.54 Å². The molecule has 1 N–H and O–H groups in total. The number of rotatable bonds is 3. The van der Waals surface area contributed by atoms with Crippen LogP contribution in [0.25, 0.3) is 6.08 Å². The number of hydrogen-bond donors (Lipinski definition) is 1. The van der Waals surface area contributed by atoms with Crippen molar-refractivity contribution in [2.45, 2.75) is 12.4 Å². The van der Waals surface area contributed by atoms with Gasteiger partial charge in [0.1, 0.15) is 10.9 Å². The third-order valence-electron chi connectivity index (χ3n) is 3.14.